The molecular formula is C33H42N6O3. The maximum atomic E-state index is 10.4. The SMILES string of the molecule is CN1CCN(c2ccc(-c3cnc4[nH]cc(-c5ccc(C(O)N(C)C)cc5)c4c3)cc2OCCN2CCOCC2)CC1. The van der Waals surface area contributed by atoms with E-state index >= 15 is 0 Å². The molecule has 6 rings (SSSR count). The fourth-order valence-electron chi connectivity index (χ4n) is 5.76. The number of benzene rings is 2. The lowest BCUT2D eigenvalue weighted by atomic mass is 10.0. The highest BCUT2D eigenvalue weighted by atomic mass is 16.5. The van der Waals surface area contributed by atoms with Gasteiger partial charge in [0, 0.05) is 74.7 Å². The van der Waals surface area contributed by atoms with Gasteiger partial charge in [-0.05, 0) is 56.0 Å². The summed E-state index contributed by atoms with van der Waals surface area (Å²) in [4.78, 5) is 17.1. The summed E-state index contributed by atoms with van der Waals surface area (Å²) in [6.45, 7) is 9.09. The third kappa shape index (κ3) is 6.30. The van der Waals surface area contributed by atoms with Gasteiger partial charge in [0.15, 0.2) is 0 Å². The van der Waals surface area contributed by atoms with Gasteiger partial charge in [0.1, 0.15) is 24.2 Å². The second-order valence-corrected chi connectivity index (χ2v) is 11.6. The van der Waals surface area contributed by atoms with Gasteiger partial charge in [-0.15, -0.1) is 0 Å². The van der Waals surface area contributed by atoms with Gasteiger partial charge in [0.2, 0.25) is 0 Å². The zero-order valence-corrected chi connectivity index (χ0v) is 24.9. The largest absolute Gasteiger partial charge is 0.490 e. The first kappa shape index (κ1) is 28.6. The number of aromatic amines is 1. The minimum absolute atomic E-state index is 0.630. The molecule has 4 heterocycles. The molecule has 0 spiro atoms. The molecule has 0 radical (unpaired) electrons. The van der Waals surface area contributed by atoms with E-state index in [1.54, 1.807) is 4.90 Å². The van der Waals surface area contributed by atoms with Crippen molar-refractivity contribution in [3.05, 3.63) is 66.5 Å². The monoisotopic (exact) mass is 570 g/mol. The number of hydrogen-bond donors (Lipinski definition) is 2. The highest BCUT2D eigenvalue weighted by Crippen LogP contribution is 2.36. The molecule has 2 N–H and O–H groups in total. The number of likely N-dealkylation sites (N-methyl/N-ethyl adjacent to an activating group) is 1. The number of anilines is 1. The Morgan fingerprint density at radius 2 is 1.69 bits per heavy atom. The van der Waals surface area contributed by atoms with Crippen LogP contribution in [0.4, 0.5) is 5.69 Å². The highest BCUT2D eigenvalue weighted by Gasteiger charge is 2.20. The van der Waals surface area contributed by atoms with Crippen LogP contribution in [-0.4, -0.2) is 117 Å². The smallest absolute Gasteiger partial charge is 0.143 e. The molecule has 0 aliphatic carbocycles. The van der Waals surface area contributed by atoms with Crippen molar-refractivity contribution in [3.8, 4) is 28.0 Å². The number of H-pyrrole nitrogens is 1. The van der Waals surface area contributed by atoms with Crippen molar-refractivity contribution in [2.75, 3.05) is 91.7 Å². The topological polar surface area (TPSA) is 80.3 Å². The molecule has 2 aliphatic rings. The molecule has 2 aliphatic heterocycles. The maximum Gasteiger partial charge on any atom is 0.143 e. The van der Waals surface area contributed by atoms with Crippen molar-refractivity contribution < 1.29 is 14.6 Å². The van der Waals surface area contributed by atoms with Gasteiger partial charge in [-0.1, -0.05) is 30.3 Å². The molecular weight excluding hydrogens is 528 g/mol. The summed E-state index contributed by atoms with van der Waals surface area (Å²) in [6, 6.07) is 16.9. The molecule has 2 aromatic heterocycles. The van der Waals surface area contributed by atoms with Crippen molar-refractivity contribution in [2.45, 2.75) is 6.23 Å². The summed E-state index contributed by atoms with van der Waals surface area (Å²) in [5.41, 5.74) is 7.16. The molecule has 4 aromatic rings. The van der Waals surface area contributed by atoms with Gasteiger partial charge in [-0.25, -0.2) is 4.98 Å². The molecule has 2 saturated heterocycles. The second-order valence-electron chi connectivity index (χ2n) is 11.6. The van der Waals surface area contributed by atoms with Crippen LogP contribution >= 0.6 is 0 Å². The number of aliphatic hydroxyl groups is 1. The summed E-state index contributed by atoms with van der Waals surface area (Å²) in [6.07, 6.45) is 3.31. The lowest BCUT2D eigenvalue weighted by molar-refractivity contribution is 0.0323. The predicted octanol–water partition coefficient (Wildman–Crippen LogP) is 3.91. The van der Waals surface area contributed by atoms with E-state index in [0.717, 1.165) is 109 Å². The first-order chi connectivity index (χ1) is 20.5. The third-order valence-electron chi connectivity index (χ3n) is 8.45. The Balaban J connectivity index is 1.28. The van der Waals surface area contributed by atoms with Crippen LogP contribution in [0.3, 0.4) is 0 Å². The lowest BCUT2D eigenvalue weighted by Crippen LogP contribution is -2.44. The van der Waals surface area contributed by atoms with Crippen LogP contribution in [0.15, 0.2) is 60.9 Å². The van der Waals surface area contributed by atoms with Crippen molar-refractivity contribution in [1.82, 2.24) is 24.7 Å². The summed E-state index contributed by atoms with van der Waals surface area (Å²) >= 11 is 0. The molecule has 1 atom stereocenters. The standard InChI is InChI=1S/C33H42N6O3/c1-36(2)33(40)25-6-4-24(5-7-25)29-23-35-32-28(29)20-27(22-34-32)26-8-9-30(39-12-10-37(3)11-13-39)31(21-26)42-19-16-38-14-17-41-18-15-38/h4-9,20-23,33,40H,10-19H2,1-3H3,(H,34,35). The van der Waals surface area contributed by atoms with Gasteiger partial charge in [-0.2, -0.15) is 0 Å². The number of nitrogens with zero attached hydrogens (tertiary/aromatic N) is 5. The van der Waals surface area contributed by atoms with E-state index in [2.05, 4.69) is 63.1 Å². The van der Waals surface area contributed by atoms with E-state index in [0.29, 0.717) is 6.61 Å². The summed E-state index contributed by atoms with van der Waals surface area (Å²) in [7, 11) is 5.91. The van der Waals surface area contributed by atoms with E-state index in [-0.39, 0.29) is 0 Å². The number of aromatic nitrogens is 2. The average molecular weight is 571 g/mol. The van der Waals surface area contributed by atoms with Gasteiger partial charge in [0.25, 0.3) is 0 Å². The first-order valence-electron chi connectivity index (χ1n) is 14.9. The summed E-state index contributed by atoms with van der Waals surface area (Å²) < 4.78 is 12.0. The molecule has 42 heavy (non-hydrogen) atoms. The maximum absolute atomic E-state index is 10.4. The van der Waals surface area contributed by atoms with Gasteiger partial charge < -0.3 is 29.4 Å². The van der Waals surface area contributed by atoms with Crippen LogP contribution in [-0.2, 0) is 4.74 Å². The Hall–Kier alpha value is -3.47. The van der Waals surface area contributed by atoms with Crippen LogP contribution in [0.1, 0.15) is 11.8 Å². The first-order valence-corrected chi connectivity index (χ1v) is 14.9. The number of nitrogens with one attached hydrogen (secondary N) is 1. The minimum Gasteiger partial charge on any atom is -0.490 e. The molecule has 0 saturated carbocycles. The van der Waals surface area contributed by atoms with E-state index in [1.807, 2.05) is 38.6 Å². The summed E-state index contributed by atoms with van der Waals surface area (Å²) in [5, 5.41) is 11.5. The van der Waals surface area contributed by atoms with E-state index in [4.69, 9.17) is 14.5 Å². The number of piperazine rings is 1. The molecule has 9 nitrogen and oxygen atoms in total. The predicted molar refractivity (Wildman–Crippen MR) is 168 cm³/mol. The van der Waals surface area contributed by atoms with E-state index in [9.17, 15) is 5.11 Å². The fraction of sp³-hybridized carbons (Fsp3) is 0.424. The van der Waals surface area contributed by atoms with Crippen LogP contribution in [0, 0.1) is 0 Å². The quantitative estimate of drug-likeness (QED) is 0.293. The van der Waals surface area contributed by atoms with Crippen LogP contribution in [0.25, 0.3) is 33.3 Å². The Kier molecular flexibility index (Phi) is 8.73. The highest BCUT2D eigenvalue weighted by molar-refractivity contribution is 5.96. The molecule has 0 bridgehead atoms. The number of morpholine rings is 1. The zero-order chi connectivity index (χ0) is 29.1. The van der Waals surface area contributed by atoms with Crippen molar-refractivity contribution in [1.29, 1.82) is 0 Å². The van der Waals surface area contributed by atoms with Crippen molar-refractivity contribution in [2.24, 2.45) is 0 Å². The second kappa shape index (κ2) is 12.8. The van der Waals surface area contributed by atoms with E-state index in [1.165, 1.54) is 0 Å². The molecule has 0 amide bonds. The Bertz CT molecular complexity index is 1470. The Morgan fingerprint density at radius 1 is 0.952 bits per heavy atom. The van der Waals surface area contributed by atoms with Crippen LogP contribution < -0.4 is 9.64 Å². The van der Waals surface area contributed by atoms with Gasteiger partial charge in [0.05, 0.1) is 18.9 Å². The minimum atomic E-state index is -0.630. The van der Waals surface area contributed by atoms with Crippen molar-refractivity contribution in [3.63, 3.8) is 0 Å². The fourth-order valence-corrected chi connectivity index (χ4v) is 5.76. The average Bonchev–Trinajstić information content (AvgIpc) is 3.45. The van der Waals surface area contributed by atoms with Gasteiger partial charge in [-0.3, -0.25) is 9.80 Å². The van der Waals surface area contributed by atoms with E-state index < -0.39 is 6.23 Å². The number of rotatable bonds is 9. The molecule has 9 heteroatoms. The third-order valence-corrected chi connectivity index (χ3v) is 8.45. The molecule has 222 valence electrons. The van der Waals surface area contributed by atoms with Crippen molar-refractivity contribution >= 4 is 16.7 Å². The summed E-state index contributed by atoms with van der Waals surface area (Å²) in [5.74, 6) is 0.926. The van der Waals surface area contributed by atoms with Crippen LogP contribution in [0.5, 0.6) is 5.75 Å². The van der Waals surface area contributed by atoms with Crippen LogP contribution in [0.2, 0.25) is 0 Å². The normalized spacial score (nSPS) is 17.7. The van der Waals surface area contributed by atoms with Gasteiger partial charge >= 0.3 is 0 Å². The number of fused-ring (bicyclic) bond motifs is 1. The zero-order valence-electron chi connectivity index (χ0n) is 24.9. The Labute approximate surface area is 248 Å². The molecule has 2 aromatic carbocycles. The number of pyridine rings is 1. The molecule has 1 unspecified atom stereocenters. The Morgan fingerprint density at radius 3 is 2.43 bits per heavy atom. The number of aliphatic hydroxyl groups excluding tert-OH is 1. The number of hydrogen-bond acceptors (Lipinski definition) is 8. The molecule has 2 fully saturated rings. The number of ether oxygens (including phenoxy) is 2. The lowest BCUT2D eigenvalue weighted by Gasteiger charge is -2.35.